The van der Waals surface area contributed by atoms with Crippen molar-refractivity contribution in [1.82, 2.24) is 5.43 Å². The van der Waals surface area contributed by atoms with Gasteiger partial charge >= 0.3 is 0 Å². The highest BCUT2D eigenvalue weighted by Gasteiger charge is 2.22. The molecule has 0 aromatic heterocycles. The first kappa shape index (κ1) is 15.0. The Morgan fingerprint density at radius 2 is 1.65 bits per heavy atom. The lowest BCUT2D eigenvalue weighted by atomic mass is 9.97. The third-order valence-electron chi connectivity index (χ3n) is 3.03. The van der Waals surface area contributed by atoms with Crippen molar-refractivity contribution >= 4 is 15.9 Å². The van der Waals surface area contributed by atoms with Crippen molar-refractivity contribution in [2.45, 2.75) is 13.0 Å². The Morgan fingerprint density at radius 3 is 2.15 bits per heavy atom. The Hall–Kier alpha value is -1.37. The summed E-state index contributed by atoms with van der Waals surface area (Å²) in [5.74, 6) is 3.40. The van der Waals surface area contributed by atoms with Gasteiger partial charge in [-0.1, -0.05) is 28.1 Å². The normalized spacial score (nSPS) is 12.5. The molecule has 2 aromatic carbocycles. The van der Waals surface area contributed by atoms with E-state index in [1.807, 2.05) is 0 Å². The van der Waals surface area contributed by atoms with Crippen LogP contribution in [0.25, 0.3) is 0 Å². The van der Waals surface area contributed by atoms with Gasteiger partial charge in [-0.2, -0.15) is 0 Å². The third-order valence-corrected chi connectivity index (χ3v) is 3.49. The molecule has 20 heavy (non-hydrogen) atoms. The van der Waals surface area contributed by atoms with Crippen LogP contribution in [0.3, 0.4) is 0 Å². The molecule has 3 N–H and O–H groups in total. The molecule has 0 aliphatic rings. The fourth-order valence-electron chi connectivity index (χ4n) is 1.96. The summed E-state index contributed by atoms with van der Waals surface area (Å²) in [5, 5.41) is 0. The van der Waals surface area contributed by atoms with E-state index >= 15 is 0 Å². The Morgan fingerprint density at radius 1 is 1.05 bits per heavy atom. The minimum atomic E-state index is -0.974. The maximum atomic E-state index is 14.0. The van der Waals surface area contributed by atoms with Gasteiger partial charge in [0.2, 0.25) is 0 Å². The Kier molecular flexibility index (Phi) is 4.47. The van der Waals surface area contributed by atoms with Crippen LogP contribution < -0.4 is 11.3 Å². The third kappa shape index (κ3) is 2.87. The highest BCUT2D eigenvalue weighted by molar-refractivity contribution is 9.10. The lowest BCUT2D eigenvalue weighted by Crippen LogP contribution is -2.30. The average Bonchev–Trinajstić information content (AvgIpc) is 2.37. The van der Waals surface area contributed by atoms with Crippen molar-refractivity contribution in [1.29, 1.82) is 0 Å². The van der Waals surface area contributed by atoms with Crippen LogP contribution in [0.5, 0.6) is 0 Å². The number of rotatable bonds is 3. The minimum absolute atomic E-state index is 0.251. The molecule has 0 aliphatic heterocycles. The lowest BCUT2D eigenvalue weighted by molar-refractivity contribution is 0.507. The second kappa shape index (κ2) is 5.95. The highest BCUT2D eigenvalue weighted by atomic mass is 79.9. The van der Waals surface area contributed by atoms with Crippen LogP contribution in [-0.4, -0.2) is 0 Å². The van der Waals surface area contributed by atoms with Gasteiger partial charge in [0, 0.05) is 10.0 Å². The second-order valence-corrected chi connectivity index (χ2v) is 5.31. The van der Waals surface area contributed by atoms with E-state index in [-0.39, 0.29) is 10.0 Å². The van der Waals surface area contributed by atoms with Crippen LogP contribution in [0, 0.1) is 24.4 Å². The van der Waals surface area contributed by atoms with Gasteiger partial charge in [0.15, 0.2) is 0 Å². The quantitative estimate of drug-likeness (QED) is 0.657. The number of benzene rings is 2. The minimum Gasteiger partial charge on any atom is -0.271 e. The van der Waals surface area contributed by atoms with Gasteiger partial charge in [0.05, 0.1) is 6.04 Å². The number of nitrogens with two attached hydrogens (primary N) is 1. The van der Waals surface area contributed by atoms with Gasteiger partial charge < -0.3 is 0 Å². The first-order valence-electron chi connectivity index (χ1n) is 5.80. The predicted octanol–water partition coefficient (Wildman–Crippen LogP) is 3.73. The molecule has 2 aromatic rings. The molecule has 0 amide bonds. The number of halogens is 4. The summed E-state index contributed by atoms with van der Waals surface area (Å²) in [7, 11) is 0. The van der Waals surface area contributed by atoms with E-state index in [1.54, 1.807) is 13.0 Å². The summed E-state index contributed by atoms with van der Waals surface area (Å²) >= 11 is 3.00. The summed E-state index contributed by atoms with van der Waals surface area (Å²) in [4.78, 5) is 0. The molecule has 0 saturated heterocycles. The molecule has 2 rings (SSSR count). The fourth-order valence-corrected chi connectivity index (χ4v) is 2.37. The van der Waals surface area contributed by atoms with Gasteiger partial charge in [-0.3, -0.25) is 5.84 Å². The van der Waals surface area contributed by atoms with Crippen LogP contribution in [0.4, 0.5) is 13.2 Å². The van der Waals surface area contributed by atoms with Gasteiger partial charge in [-0.05, 0) is 36.2 Å². The summed E-state index contributed by atoms with van der Waals surface area (Å²) in [6.07, 6.45) is 0. The standard InChI is InChI=1S/C14H12BrF3N2/c1-7-2-3-8(4-10(7)16)14(20-19)13-11(17)5-9(15)6-12(13)18/h2-6,14,20H,19H2,1H3. The van der Waals surface area contributed by atoms with E-state index in [9.17, 15) is 13.2 Å². The fraction of sp³-hybridized carbons (Fsp3) is 0.143. The molecular formula is C14H12BrF3N2. The van der Waals surface area contributed by atoms with E-state index in [1.165, 1.54) is 12.1 Å². The van der Waals surface area contributed by atoms with Crippen molar-refractivity contribution < 1.29 is 13.2 Å². The number of hydrogen-bond acceptors (Lipinski definition) is 2. The summed E-state index contributed by atoms with van der Waals surface area (Å²) in [6, 6.07) is 5.60. The number of hydrazine groups is 1. The van der Waals surface area contributed by atoms with Crippen molar-refractivity contribution in [3.8, 4) is 0 Å². The molecule has 1 unspecified atom stereocenters. The van der Waals surface area contributed by atoms with Crippen molar-refractivity contribution in [3.63, 3.8) is 0 Å². The zero-order chi connectivity index (χ0) is 14.9. The SMILES string of the molecule is Cc1ccc(C(NN)c2c(F)cc(Br)cc2F)cc1F. The number of hydrogen-bond donors (Lipinski definition) is 2. The van der Waals surface area contributed by atoms with Gasteiger partial charge in [0.25, 0.3) is 0 Å². The maximum absolute atomic E-state index is 14.0. The molecule has 0 saturated carbocycles. The Bertz CT molecular complexity index is 623. The number of aryl methyl sites for hydroxylation is 1. The lowest BCUT2D eigenvalue weighted by Gasteiger charge is -2.19. The maximum Gasteiger partial charge on any atom is 0.132 e. The molecule has 0 radical (unpaired) electrons. The number of nitrogens with one attached hydrogen (secondary N) is 1. The molecule has 0 fully saturated rings. The molecule has 0 heterocycles. The Labute approximate surface area is 122 Å². The molecule has 106 valence electrons. The first-order valence-corrected chi connectivity index (χ1v) is 6.60. The van der Waals surface area contributed by atoms with Gasteiger partial charge in [0.1, 0.15) is 17.5 Å². The highest BCUT2D eigenvalue weighted by Crippen LogP contribution is 2.29. The van der Waals surface area contributed by atoms with Crippen molar-refractivity contribution in [3.05, 3.63) is 68.9 Å². The molecule has 2 nitrogen and oxygen atoms in total. The molecular weight excluding hydrogens is 333 g/mol. The second-order valence-electron chi connectivity index (χ2n) is 4.39. The van der Waals surface area contributed by atoms with Crippen LogP contribution in [0.2, 0.25) is 0 Å². The van der Waals surface area contributed by atoms with E-state index < -0.39 is 23.5 Å². The van der Waals surface area contributed by atoms with E-state index in [4.69, 9.17) is 5.84 Å². The monoisotopic (exact) mass is 344 g/mol. The van der Waals surface area contributed by atoms with Gasteiger partial charge in [-0.15, -0.1) is 0 Å². The predicted molar refractivity (Wildman–Crippen MR) is 74.4 cm³/mol. The zero-order valence-electron chi connectivity index (χ0n) is 10.6. The van der Waals surface area contributed by atoms with Crippen molar-refractivity contribution in [2.24, 2.45) is 5.84 Å². The summed E-state index contributed by atoms with van der Waals surface area (Å²) in [6.45, 7) is 1.60. The summed E-state index contributed by atoms with van der Waals surface area (Å²) in [5.41, 5.74) is 2.86. The molecule has 1 atom stereocenters. The molecule has 6 heteroatoms. The zero-order valence-corrected chi connectivity index (χ0v) is 12.1. The van der Waals surface area contributed by atoms with E-state index in [0.29, 0.717) is 11.1 Å². The van der Waals surface area contributed by atoms with E-state index in [2.05, 4.69) is 21.4 Å². The van der Waals surface area contributed by atoms with Crippen LogP contribution in [0.1, 0.15) is 22.7 Å². The largest absolute Gasteiger partial charge is 0.271 e. The Balaban J connectivity index is 2.55. The topological polar surface area (TPSA) is 38.0 Å². The van der Waals surface area contributed by atoms with E-state index in [0.717, 1.165) is 12.1 Å². The molecule has 0 aliphatic carbocycles. The molecule has 0 spiro atoms. The van der Waals surface area contributed by atoms with Crippen LogP contribution >= 0.6 is 15.9 Å². The smallest absolute Gasteiger partial charge is 0.132 e. The molecule has 0 bridgehead atoms. The summed E-state index contributed by atoms with van der Waals surface area (Å²) < 4.78 is 41.8. The van der Waals surface area contributed by atoms with Crippen LogP contribution in [-0.2, 0) is 0 Å². The average molecular weight is 345 g/mol. The van der Waals surface area contributed by atoms with Crippen molar-refractivity contribution in [2.75, 3.05) is 0 Å². The van der Waals surface area contributed by atoms with Crippen LogP contribution in [0.15, 0.2) is 34.8 Å². The first-order chi connectivity index (χ1) is 9.43. The van der Waals surface area contributed by atoms with Gasteiger partial charge in [-0.25, -0.2) is 18.6 Å².